The van der Waals surface area contributed by atoms with E-state index in [1.165, 1.54) is 25.7 Å². The molecule has 2 rings (SSSR count). The number of hydrogen-bond acceptors (Lipinski definition) is 2. The van der Waals surface area contributed by atoms with Crippen LogP contribution in [0.2, 0.25) is 0 Å². The molecule has 1 saturated carbocycles. The molecule has 1 N–H and O–H groups in total. The molecule has 0 saturated heterocycles. The average molecular weight is 292 g/mol. The molecule has 1 aromatic rings. The van der Waals surface area contributed by atoms with Gasteiger partial charge in [-0.15, -0.1) is 0 Å². The average Bonchev–Trinajstić information content (AvgIpc) is 2.40. The zero-order valence-electron chi connectivity index (χ0n) is 14.0. The molecule has 0 radical (unpaired) electrons. The summed E-state index contributed by atoms with van der Waals surface area (Å²) in [5.74, 6) is -0.148. The van der Waals surface area contributed by atoms with Crippen molar-refractivity contribution in [2.24, 2.45) is 5.41 Å². The molecule has 0 heterocycles. The van der Waals surface area contributed by atoms with Gasteiger partial charge in [-0.1, -0.05) is 26.7 Å². The highest BCUT2D eigenvalue weighted by molar-refractivity contribution is 5.56. The molecule has 1 aromatic carbocycles. The van der Waals surface area contributed by atoms with Crippen LogP contribution >= 0.6 is 0 Å². The van der Waals surface area contributed by atoms with Crippen molar-refractivity contribution in [3.63, 3.8) is 0 Å². The molecular formula is C18H29FN2. The standard InChI is InChI=1S/C18H29FN2/c1-13(2)21(5)16-10-9-14(12-15(16)19)20-17-8-6-7-11-18(17,3)4/h9-10,12-13,17,20H,6-8,11H2,1-5H3. The maximum Gasteiger partial charge on any atom is 0.148 e. The van der Waals surface area contributed by atoms with E-state index < -0.39 is 0 Å². The van der Waals surface area contributed by atoms with Crippen LogP contribution in [-0.4, -0.2) is 19.1 Å². The molecule has 0 bridgehead atoms. The van der Waals surface area contributed by atoms with Gasteiger partial charge in [-0.2, -0.15) is 0 Å². The molecule has 0 aromatic heterocycles. The van der Waals surface area contributed by atoms with E-state index in [1.807, 2.05) is 24.1 Å². The van der Waals surface area contributed by atoms with Gasteiger partial charge in [0.05, 0.1) is 5.69 Å². The lowest BCUT2D eigenvalue weighted by molar-refractivity contribution is 0.217. The van der Waals surface area contributed by atoms with Gasteiger partial charge in [0.1, 0.15) is 5.82 Å². The van der Waals surface area contributed by atoms with Crippen LogP contribution in [0.25, 0.3) is 0 Å². The second kappa shape index (κ2) is 6.25. The lowest BCUT2D eigenvalue weighted by Crippen LogP contribution is -2.38. The van der Waals surface area contributed by atoms with Gasteiger partial charge in [-0.25, -0.2) is 4.39 Å². The van der Waals surface area contributed by atoms with E-state index in [9.17, 15) is 4.39 Å². The number of hydrogen-bond donors (Lipinski definition) is 1. The summed E-state index contributed by atoms with van der Waals surface area (Å²) in [5, 5.41) is 3.55. The number of benzene rings is 1. The Bertz CT molecular complexity index is 482. The molecule has 1 aliphatic carbocycles. The third kappa shape index (κ3) is 3.69. The Morgan fingerprint density at radius 1 is 1.29 bits per heavy atom. The quantitative estimate of drug-likeness (QED) is 0.835. The molecule has 1 aliphatic rings. The van der Waals surface area contributed by atoms with Crippen LogP contribution in [0, 0.1) is 11.2 Å². The van der Waals surface area contributed by atoms with Crippen LogP contribution in [-0.2, 0) is 0 Å². The van der Waals surface area contributed by atoms with Crippen molar-refractivity contribution >= 4 is 11.4 Å². The fourth-order valence-corrected chi connectivity index (χ4v) is 3.12. The maximum absolute atomic E-state index is 14.3. The van der Waals surface area contributed by atoms with Crippen molar-refractivity contribution in [1.29, 1.82) is 0 Å². The van der Waals surface area contributed by atoms with Gasteiger partial charge < -0.3 is 10.2 Å². The molecule has 0 aliphatic heterocycles. The minimum atomic E-state index is -0.148. The van der Waals surface area contributed by atoms with E-state index in [4.69, 9.17) is 0 Å². The van der Waals surface area contributed by atoms with Crippen molar-refractivity contribution in [3.8, 4) is 0 Å². The van der Waals surface area contributed by atoms with Crippen molar-refractivity contribution < 1.29 is 4.39 Å². The Morgan fingerprint density at radius 2 is 2.00 bits per heavy atom. The fourth-order valence-electron chi connectivity index (χ4n) is 3.12. The van der Waals surface area contributed by atoms with Crippen LogP contribution in [0.5, 0.6) is 0 Å². The molecule has 3 heteroatoms. The maximum atomic E-state index is 14.3. The predicted molar refractivity (Wildman–Crippen MR) is 89.6 cm³/mol. The second-order valence-electron chi connectivity index (χ2n) is 7.30. The van der Waals surface area contributed by atoms with Crippen LogP contribution < -0.4 is 10.2 Å². The van der Waals surface area contributed by atoms with Gasteiger partial charge in [0, 0.05) is 24.8 Å². The summed E-state index contributed by atoms with van der Waals surface area (Å²) in [4.78, 5) is 1.96. The first-order chi connectivity index (χ1) is 9.81. The first-order valence-corrected chi connectivity index (χ1v) is 8.10. The number of nitrogens with zero attached hydrogens (tertiary/aromatic N) is 1. The largest absolute Gasteiger partial charge is 0.382 e. The third-order valence-corrected chi connectivity index (χ3v) is 4.95. The molecule has 2 nitrogen and oxygen atoms in total. The molecular weight excluding hydrogens is 263 g/mol. The van der Waals surface area contributed by atoms with Gasteiger partial charge in [0.25, 0.3) is 0 Å². The van der Waals surface area contributed by atoms with Gasteiger partial charge in [0.2, 0.25) is 0 Å². The zero-order valence-corrected chi connectivity index (χ0v) is 14.0. The summed E-state index contributed by atoms with van der Waals surface area (Å²) >= 11 is 0. The molecule has 0 amide bonds. The summed E-state index contributed by atoms with van der Waals surface area (Å²) in [7, 11) is 1.93. The van der Waals surface area contributed by atoms with Crippen molar-refractivity contribution in [2.75, 3.05) is 17.3 Å². The Kier molecular flexibility index (Phi) is 4.80. The molecule has 1 atom stereocenters. The van der Waals surface area contributed by atoms with E-state index >= 15 is 0 Å². The number of anilines is 2. The minimum absolute atomic E-state index is 0.148. The summed E-state index contributed by atoms with van der Waals surface area (Å²) in [6.07, 6.45) is 4.97. The highest BCUT2D eigenvalue weighted by atomic mass is 19.1. The Hall–Kier alpha value is -1.25. The highest BCUT2D eigenvalue weighted by Gasteiger charge is 2.32. The summed E-state index contributed by atoms with van der Waals surface area (Å²) in [6, 6.07) is 6.24. The first-order valence-electron chi connectivity index (χ1n) is 8.10. The molecule has 21 heavy (non-hydrogen) atoms. The van der Waals surface area contributed by atoms with Crippen LogP contribution in [0.15, 0.2) is 18.2 Å². The van der Waals surface area contributed by atoms with E-state index in [0.717, 1.165) is 5.69 Å². The molecule has 1 unspecified atom stereocenters. The summed E-state index contributed by atoms with van der Waals surface area (Å²) in [5.41, 5.74) is 1.84. The van der Waals surface area contributed by atoms with Crippen molar-refractivity contribution in [2.45, 2.75) is 65.5 Å². The monoisotopic (exact) mass is 292 g/mol. The number of halogens is 1. The van der Waals surface area contributed by atoms with Crippen molar-refractivity contribution in [1.82, 2.24) is 0 Å². The topological polar surface area (TPSA) is 15.3 Å². The van der Waals surface area contributed by atoms with E-state index in [0.29, 0.717) is 11.7 Å². The van der Waals surface area contributed by atoms with Crippen molar-refractivity contribution in [3.05, 3.63) is 24.0 Å². The Morgan fingerprint density at radius 3 is 2.57 bits per heavy atom. The lowest BCUT2D eigenvalue weighted by Gasteiger charge is -2.39. The van der Waals surface area contributed by atoms with Crippen LogP contribution in [0.1, 0.15) is 53.4 Å². The Balaban J connectivity index is 2.13. The smallest absolute Gasteiger partial charge is 0.148 e. The number of nitrogens with one attached hydrogen (secondary N) is 1. The fraction of sp³-hybridized carbons (Fsp3) is 0.667. The highest BCUT2D eigenvalue weighted by Crippen LogP contribution is 2.37. The molecule has 118 valence electrons. The van der Waals surface area contributed by atoms with Crippen LogP contribution in [0.3, 0.4) is 0 Å². The van der Waals surface area contributed by atoms with Gasteiger partial charge >= 0.3 is 0 Å². The predicted octanol–water partition coefficient (Wildman–Crippen LogP) is 5.05. The summed E-state index contributed by atoms with van der Waals surface area (Å²) in [6.45, 7) is 8.74. The number of rotatable bonds is 4. The van der Waals surface area contributed by atoms with Gasteiger partial charge in [0.15, 0.2) is 0 Å². The Labute approximate surface area is 128 Å². The summed E-state index contributed by atoms with van der Waals surface area (Å²) < 4.78 is 14.3. The normalized spacial score (nSPS) is 21.4. The van der Waals surface area contributed by atoms with E-state index in [1.54, 1.807) is 6.07 Å². The van der Waals surface area contributed by atoms with Gasteiger partial charge in [-0.05, 0) is 50.3 Å². The third-order valence-electron chi connectivity index (χ3n) is 4.95. The minimum Gasteiger partial charge on any atom is -0.382 e. The first kappa shape index (κ1) is 16.1. The molecule has 1 fully saturated rings. The SMILES string of the molecule is CC(C)N(C)c1ccc(NC2CCCCC2(C)C)cc1F. The van der Waals surface area contributed by atoms with E-state index in [-0.39, 0.29) is 17.3 Å². The lowest BCUT2D eigenvalue weighted by atomic mass is 9.73. The zero-order chi connectivity index (χ0) is 15.6. The second-order valence-corrected chi connectivity index (χ2v) is 7.30. The van der Waals surface area contributed by atoms with Crippen LogP contribution in [0.4, 0.5) is 15.8 Å². The van der Waals surface area contributed by atoms with Gasteiger partial charge in [-0.3, -0.25) is 0 Å². The van der Waals surface area contributed by atoms with E-state index in [2.05, 4.69) is 33.0 Å². The molecule has 0 spiro atoms.